The van der Waals surface area contributed by atoms with Gasteiger partial charge in [-0.15, -0.1) is 0 Å². The van der Waals surface area contributed by atoms with Crippen molar-refractivity contribution in [3.05, 3.63) is 22.2 Å². The van der Waals surface area contributed by atoms with Crippen LogP contribution in [0.15, 0.2) is 21.5 Å². The molecule has 0 spiro atoms. The lowest BCUT2D eigenvalue weighted by Crippen LogP contribution is -2.28. The highest BCUT2D eigenvalue weighted by atomic mass is 79.9. The number of alkyl halides is 3. The molecule has 0 unspecified atom stereocenters. The van der Waals surface area contributed by atoms with Crippen LogP contribution in [-0.2, 0) is 10.0 Å². The van der Waals surface area contributed by atoms with Crippen molar-refractivity contribution < 1.29 is 21.6 Å². The zero-order valence-electron chi connectivity index (χ0n) is 9.88. The fourth-order valence-electron chi connectivity index (χ4n) is 1.36. The molecular formula is C10H12BrF3N2O2S. The van der Waals surface area contributed by atoms with E-state index in [4.69, 9.17) is 5.73 Å². The fraction of sp³-hybridized carbons (Fsp3) is 0.400. The van der Waals surface area contributed by atoms with Crippen LogP contribution in [0.3, 0.4) is 0 Å². The molecule has 0 aliphatic carbocycles. The van der Waals surface area contributed by atoms with Gasteiger partial charge in [0, 0.05) is 16.7 Å². The van der Waals surface area contributed by atoms with Crippen LogP contribution in [0.5, 0.6) is 0 Å². The van der Waals surface area contributed by atoms with Crippen LogP contribution >= 0.6 is 15.9 Å². The summed E-state index contributed by atoms with van der Waals surface area (Å²) in [5.41, 5.74) is 6.15. The largest absolute Gasteiger partial charge is 0.398 e. The average molecular weight is 361 g/mol. The molecule has 0 atom stereocenters. The average Bonchev–Trinajstić information content (AvgIpc) is 2.20. The van der Waals surface area contributed by atoms with Gasteiger partial charge >= 0.3 is 6.18 Å². The third kappa shape index (κ3) is 4.66. The van der Waals surface area contributed by atoms with Crippen LogP contribution < -0.4 is 10.5 Å². The van der Waals surface area contributed by atoms with Crippen LogP contribution in [0.2, 0.25) is 0 Å². The molecule has 0 aliphatic rings. The Bertz CT molecular complexity index is 573. The van der Waals surface area contributed by atoms with Crippen molar-refractivity contribution in [1.82, 2.24) is 4.72 Å². The lowest BCUT2D eigenvalue weighted by atomic mass is 10.2. The molecule has 0 aliphatic heterocycles. The predicted octanol–water partition coefficient (Wildman–Crippen LogP) is 2.57. The van der Waals surface area contributed by atoms with E-state index in [1.807, 2.05) is 4.72 Å². The fourth-order valence-corrected chi connectivity index (χ4v) is 3.11. The van der Waals surface area contributed by atoms with E-state index >= 15 is 0 Å². The van der Waals surface area contributed by atoms with Gasteiger partial charge < -0.3 is 5.73 Å². The number of anilines is 1. The van der Waals surface area contributed by atoms with Crippen molar-refractivity contribution in [2.45, 2.75) is 24.4 Å². The van der Waals surface area contributed by atoms with Gasteiger partial charge in [-0.1, -0.05) is 0 Å². The van der Waals surface area contributed by atoms with E-state index in [0.29, 0.717) is 10.0 Å². The lowest BCUT2D eigenvalue weighted by molar-refractivity contribution is -0.132. The van der Waals surface area contributed by atoms with Crippen LogP contribution in [0.25, 0.3) is 0 Å². The first kappa shape index (κ1) is 16.3. The van der Waals surface area contributed by atoms with Gasteiger partial charge in [-0.25, -0.2) is 13.1 Å². The first-order chi connectivity index (χ1) is 8.53. The Labute approximate surface area is 117 Å². The molecule has 0 heterocycles. The molecule has 3 N–H and O–H groups in total. The molecule has 108 valence electrons. The minimum absolute atomic E-state index is 0.129. The van der Waals surface area contributed by atoms with E-state index in [1.54, 1.807) is 0 Å². The summed E-state index contributed by atoms with van der Waals surface area (Å²) in [6, 6.07) is 2.70. The summed E-state index contributed by atoms with van der Waals surface area (Å²) in [6.07, 6.45) is -5.63. The first-order valence-electron chi connectivity index (χ1n) is 5.15. The molecule has 0 saturated carbocycles. The highest BCUT2D eigenvalue weighted by Crippen LogP contribution is 2.26. The van der Waals surface area contributed by atoms with Gasteiger partial charge in [0.05, 0.1) is 11.3 Å². The van der Waals surface area contributed by atoms with Crippen molar-refractivity contribution in [2.75, 3.05) is 12.3 Å². The van der Waals surface area contributed by atoms with Crippen LogP contribution in [0.1, 0.15) is 12.0 Å². The molecule has 4 nitrogen and oxygen atoms in total. The van der Waals surface area contributed by atoms with Gasteiger partial charge in [0.25, 0.3) is 0 Å². The van der Waals surface area contributed by atoms with Gasteiger partial charge in [0.15, 0.2) is 0 Å². The first-order valence-corrected chi connectivity index (χ1v) is 7.42. The van der Waals surface area contributed by atoms with Gasteiger partial charge in [0.2, 0.25) is 10.0 Å². The van der Waals surface area contributed by atoms with Crippen molar-refractivity contribution >= 4 is 31.6 Å². The molecule has 0 saturated heterocycles. The Morgan fingerprint density at radius 1 is 1.37 bits per heavy atom. The van der Waals surface area contributed by atoms with Crippen LogP contribution in [-0.4, -0.2) is 21.1 Å². The van der Waals surface area contributed by atoms with Crippen LogP contribution in [0.4, 0.5) is 18.9 Å². The highest BCUT2D eigenvalue weighted by Gasteiger charge is 2.28. The number of hydrogen-bond donors (Lipinski definition) is 2. The minimum atomic E-state index is -4.41. The maximum Gasteiger partial charge on any atom is 0.390 e. The van der Waals surface area contributed by atoms with Crippen molar-refractivity contribution in [1.29, 1.82) is 0 Å². The van der Waals surface area contributed by atoms with E-state index in [2.05, 4.69) is 15.9 Å². The summed E-state index contributed by atoms with van der Waals surface area (Å²) in [7, 11) is -4.00. The predicted molar refractivity (Wildman–Crippen MR) is 69.2 cm³/mol. The second kappa shape index (κ2) is 5.68. The summed E-state index contributed by atoms with van der Waals surface area (Å²) in [5.74, 6) is 0. The quantitative estimate of drug-likeness (QED) is 0.810. The second-order valence-corrected chi connectivity index (χ2v) is 6.49. The number of sulfonamides is 1. The number of aryl methyl sites for hydroxylation is 1. The molecule has 0 fully saturated rings. The topological polar surface area (TPSA) is 72.2 Å². The number of rotatable bonds is 4. The standard InChI is InChI=1S/C10H12BrF3N2O2S/c1-6-4-7(11)8(15)5-9(6)19(17,18)16-3-2-10(12,13)14/h4-5,16H,2-3,15H2,1H3. The monoisotopic (exact) mass is 360 g/mol. The second-order valence-electron chi connectivity index (χ2n) is 3.90. The number of hydrogen-bond acceptors (Lipinski definition) is 3. The third-order valence-electron chi connectivity index (χ3n) is 2.28. The van der Waals surface area contributed by atoms with Crippen LogP contribution in [0, 0.1) is 6.92 Å². The SMILES string of the molecule is Cc1cc(Br)c(N)cc1S(=O)(=O)NCCC(F)(F)F. The molecule has 0 radical (unpaired) electrons. The van der Waals surface area contributed by atoms with E-state index < -0.39 is 29.2 Å². The Hall–Kier alpha value is -0.800. The van der Waals surface area contributed by atoms with E-state index in [-0.39, 0.29) is 10.6 Å². The Balaban J connectivity index is 2.92. The normalized spacial score (nSPS) is 12.7. The van der Waals surface area contributed by atoms with E-state index in [1.165, 1.54) is 19.1 Å². The van der Waals surface area contributed by atoms with Gasteiger partial charge in [0.1, 0.15) is 0 Å². The summed E-state index contributed by atoms with van der Waals surface area (Å²) in [6.45, 7) is 0.823. The Kier molecular flexibility index (Phi) is 4.86. The number of benzene rings is 1. The Morgan fingerprint density at radius 3 is 2.47 bits per heavy atom. The minimum Gasteiger partial charge on any atom is -0.398 e. The van der Waals surface area contributed by atoms with Gasteiger partial charge in [-0.2, -0.15) is 13.2 Å². The van der Waals surface area contributed by atoms with Crippen molar-refractivity contribution in [3.63, 3.8) is 0 Å². The molecule has 19 heavy (non-hydrogen) atoms. The summed E-state index contributed by atoms with van der Waals surface area (Å²) >= 11 is 3.14. The molecule has 1 aromatic rings. The maximum absolute atomic E-state index is 12.0. The number of nitrogen functional groups attached to an aromatic ring is 1. The zero-order chi connectivity index (χ0) is 14.8. The van der Waals surface area contributed by atoms with Crippen molar-refractivity contribution in [3.8, 4) is 0 Å². The molecular weight excluding hydrogens is 349 g/mol. The zero-order valence-corrected chi connectivity index (χ0v) is 12.3. The number of nitrogens with two attached hydrogens (primary N) is 1. The van der Waals surface area contributed by atoms with E-state index in [0.717, 1.165) is 0 Å². The van der Waals surface area contributed by atoms with E-state index in [9.17, 15) is 21.6 Å². The lowest BCUT2D eigenvalue weighted by Gasteiger charge is -2.12. The van der Waals surface area contributed by atoms with Gasteiger partial charge in [-0.3, -0.25) is 0 Å². The molecule has 1 rings (SSSR count). The summed E-state index contributed by atoms with van der Waals surface area (Å²) in [5, 5.41) is 0. The molecule has 0 bridgehead atoms. The summed E-state index contributed by atoms with van der Waals surface area (Å²) in [4.78, 5) is -0.129. The Morgan fingerprint density at radius 2 is 1.95 bits per heavy atom. The highest BCUT2D eigenvalue weighted by molar-refractivity contribution is 9.10. The number of nitrogens with one attached hydrogen (secondary N) is 1. The third-order valence-corrected chi connectivity index (χ3v) is 4.57. The smallest absolute Gasteiger partial charge is 0.390 e. The number of halogens is 4. The molecule has 9 heteroatoms. The molecule has 1 aromatic carbocycles. The summed E-state index contributed by atoms with van der Waals surface area (Å²) < 4.78 is 62.0. The molecule has 0 aromatic heterocycles. The van der Waals surface area contributed by atoms with Gasteiger partial charge in [-0.05, 0) is 40.5 Å². The van der Waals surface area contributed by atoms with Crippen molar-refractivity contribution in [2.24, 2.45) is 0 Å². The molecule has 0 amide bonds. The maximum atomic E-state index is 12.0.